The van der Waals surface area contributed by atoms with E-state index in [4.69, 9.17) is 0 Å². The molecule has 2 aromatic rings. The SMILES string of the molecule is CSc1ccccc1NC(=O)CN(C)[C@H](C)C(=O)c1[nH]c(C)c(C(C)=O)c1C. The van der Waals surface area contributed by atoms with E-state index in [1.807, 2.05) is 30.5 Å². The van der Waals surface area contributed by atoms with Crippen LogP contribution < -0.4 is 5.32 Å². The van der Waals surface area contributed by atoms with Crippen LogP contribution in [0.2, 0.25) is 0 Å². The maximum absolute atomic E-state index is 12.9. The van der Waals surface area contributed by atoms with Crippen LogP contribution in [0.1, 0.15) is 46.0 Å². The van der Waals surface area contributed by atoms with Crippen molar-refractivity contribution in [3.63, 3.8) is 0 Å². The molecule has 0 saturated carbocycles. The number of thioether (sulfide) groups is 1. The van der Waals surface area contributed by atoms with Crippen LogP contribution in [0.4, 0.5) is 5.69 Å². The molecule has 0 aliphatic heterocycles. The summed E-state index contributed by atoms with van der Waals surface area (Å²) in [5.41, 5.74) is 3.09. The summed E-state index contributed by atoms with van der Waals surface area (Å²) in [7, 11) is 1.74. The van der Waals surface area contributed by atoms with Crippen LogP contribution in [-0.2, 0) is 4.79 Å². The van der Waals surface area contributed by atoms with Gasteiger partial charge in [-0.3, -0.25) is 19.3 Å². The van der Waals surface area contributed by atoms with E-state index in [-0.39, 0.29) is 24.0 Å². The number of benzene rings is 1. The first-order valence-electron chi connectivity index (χ1n) is 9.04. The minimum atomic E-state index is -0.516. The number of carbonyl (C=O) groups is 3. The van der Waals surface area contributed by atoms with E-state index in [9.17, 15) is 14.4 Å². The van der Waals surface area contributed by atoms with Crippen LogP contribution in [0.15, 0.2) is 29.2 Å². The minimum Gasteiger partial charge on any atom is -0.355 e. The molecule has 0 unspecified atom stereocenters. The summed E-state index contributed by atoms with van der Waals surface area (Å²) in [6, 6.07) is 7.07. The molecule has 1 aromatic heterocycles. The molecular formula is C21H27N3O3S. The number of nitrogens with one attached hydrogen (secondary N) is 2. The van der Waals surface area contributed by atoms with Gasteiger partial charge in [0.05, 0.1) is 24.0 Å². The van der Waals surface area contributed by atoms with Gasteiger partial charge in [-0.15, -0.1) is 11.8 Å². The van der Waals surface area contributed by atoms with Gasteiger partial charge in [-0.25, -0.2) is 0 Å². The van der Waals surface area contributed by atoms with Crippen LogP contribution in [0.5, 0.6) is 0 Å². The largest absolute Gasteiger partial charge is 0.355 e. The van der Waals surface area contributed by atoms with Gasteiger partial charge < -0.3 is 10.3 Å². The van der Waals surface area contributed by atoms with E-state index < -0.39 is 6.04 Å². The Labute approximate surface area is 170 Å². The first-order chi connectivity index (χ1) is 13.2. The third-order valence-corrected chi connectivity index (χ3v) is 5.65. The number of likely N-dealkylation sites (N-methyl/N-ethyl adjacent to an activating group) is 1. The molecule has 2 N–H and O–H groups in total. The van der Waals surface area contributed by atoms with Gasteiger partial charge in [0.1, 0.15) is 0 Å². The first kappa shape index (κ1) is 21.9. The van der Waals surface area contributed by atoms with Crippen LogP contribution in [0, 0.1) is 13.8 Å². The average Bonchev–Trinajstić information content (AvgIpc) is 2.95. The summed E-state index contributed by atoms with van der Waals surface area (Å²) in [6.45, 7) is 6.88. The fourth-order valence-electron chi connectivity index (χ4n) is 3.23. The topological polar surface area (TPSA) is 82.3 Å². The lowest BCUT2D eigenvalue weighted by Crippen LogP contribution is -2.41. The lowest BCUT2D eigenvalue weighted by atomic mass is 10.0. The number of aromatic nitrogens is 1. The summed E-state index contributed by atoms with van der Waals surface area (Å²) in [4.78, 5) is 42.9. The number of para-hydroxylation sites is 1. The molecule has 1 amide bonds. The van der Waals surface area contributed by atoms with E-state index in [0.717, 1.165) is 10.6 Å². The van der Waals surface area contributed by atoms with Crippen molar-refractivity contribution < 1.29 is 14.4 Å². The third kappa shape index (κ3) is 4.72. The van der Waals surface area contributed by atoms with Crippen molar-refractivity contribution in [2.24, 2.45) is 0 Å². The highest BCUT2D eigenvalue weighted by Crippen LogP contribution is 2.24. The zero-order valence-electron chi connectivity index (χ0n) is 17.2. The Morgan fingerprint density at radius 3 is 2.43 bits per heavy atom. The average molecular weight is 402 g/mol. The normalized spacial score (nSPS) is 12.1. The number of hydrogen-bond donors (Lipinski definition) is 2. The van der Waals surface area contributed by atoms with Gasteiger partial charge in [0.25, 0.3) is 0 Å². The van der Waals surface area contributed by atoms with E-state index >= 15 is 0 Å². The summed E-state index contributed by atoms with van der Waals surface area (Å²) in [5.74, 6) is -0.404. The maximum atomic E-state index is 12.9. The van der Waals surface area contributed by atoms with Crippen molar-refractivity contribution in [3.05, 3.63) is 46.8 Å². The number of rotatable bonds is 8. The summed E-state index contributed by atoms with van der Waals surface area (Å²) < 4.78 is 0. The molecule has 1 heterocycles. The van der Waals surface area contributed by atoms with E-state index in [0.29, 0.717) is 22.5 Å². The molecule has 2 rings (SSSR count). The molecule has 1 aromatic carbocycles. The van der Waals surface area contributed by atoms with Crippen molar-refractivity contribution in [2.45, 2.75) is 38.6 Å². The van der Waals surface area contributed by atoms with Gasteiger partial charge >= 0.3 is 0 Å². The molecule has 0 aliphatic rings. The smallest absolute Gasteiger partial charge is 0.238 e. The molecule has 7 heteroatoms. The zero-order valence-corrected chi connectivity index (χ0v) is 18.0. The number of anilines is 1. The van der Waals surface area contributed by atoms with Crippen LogP contribution >= 0.6 is 11.8 Å². The number of amides is 1. The quantitative estimate of drug-likeness (QED) is 0.521. The summed E-state index contributed by atoms with van der Waals surface area (Å²) >= 11 is 1.56. The molecule has 6 nitrogen and oxygen atoms in total. The fraction of sp³-hybridized carbons (Fsp3) is 0.381. The van der Waals surface area contributed by atoms with E-state index in [1.165, 1.54) is 6.92 Å². The minimum absolute atomic E-state index is 0.0712. The van der Waals surface area contributed by atoms with Gasteiger partial charge in [-0.05, 0) is 58.7 Å². The van der Waals surface area contributed by atoms with Crippen LogP contribution in [0.3, 0.4) is 0 Å². The summed E-state index contributed by atoms with van der Waals surface area (Å²) in [6.07, 6.45) is 1.95. The molecule has 0 radical (unpaired) electrons. The number of ketones is 2. The highest BCUT2D eigenvalue weighted by Gasteiger charge is 2.26. The number of hydrogen-bond acceptors (Lipinski definition) is 5. The Morgan fingerprint density at radius 1 is 1.21 bits per heavy atom. The molecule has 0 spiro atoms. The second-order valence-electron chi connectivity index (χ2n) is 6.88. The van der Waals surface area contributed by atoms with Crippen molar-refractivity contribution >= 4 is 34.9 Å². The molecule has 0 aliphatic carbocycles. The predicted molar refractivity (Wildman–Crippen MR) is 114 cm³/mol. The molecule has 28 heavy (non-hydrogen) atoms. The third-order valence-electron chi connectivity index (χ3n) is 4.85. The predicted octanol–water partition coefficient (Wildman–Crippen LogP) is 3.70. The highest BCUT2D eigenvalue weighted by atomic mass is 32.2. The van der Waals surface area contributed by atoms with Gasteiger partial charge in [-0.2, -0.15) is 0 Å². The first-order valence-corrected chi connectivity index (χ1v) is 10.3. The number of carbonyl (C=O) groups excluding carboxylic acids is 3. The van der Waals surface area contributed by atoms with E-state index in [1.54, 1.807) is 44.5 Å². The van der Waals surface area contributed by atoms with Crippen molar-refractivity contribution in [3.8, 4) is 0 Å². The summed E-state index contributed by atoms with van der Waals surface area (Å²) in [5, 5.41) is 2.90. The van der Waals surface area contributed by atoms with Crippen LogP contribution in [0.25, 0.3) is 0 Å². The van der Waals surface area contributed by atoms with Crippen molar-refractivity contribution in [1.82, 2.24) is 9.88 Å². The Bertz CT molecular complexity index is 904. The molecule has 1 atom stereocenters. The molecule has 150 valence electrons. The zero-order chi connectivity index (χ0) is 21.0. The van der Waals surface area contributed by atoms with Crippen LogP contribution in [-0.4, -0.2) is 53.2 Å². The number of nitrogens with zero attached hydrogens (tertiary/aromatic N) is 1. The van der Waals surface area contributed by atoms with E-state index in [2.05, 4.69) is 10.3 Å². The molecular weight excluding hydrogens is 374 g/mol. The Balaban J connectivity index is 2.09. The molecule has 0 fully saturated rings. The monoisotopic (exact) mass is 401 g/mol. The number of aryl methyl sites for hydroxylation is 1. The second-order valence-corrected chi connectivity index (χ2v) is 7.73. The second kappa shape index (κ2) is 9.21. The standard InChI is InChI=1S/C21H27N3O3S/c1-12-19(15(4)25)13(2)22-20(12)21(27)14(3)24(5)11-18(26)23-16-9-7-8-10-17(16)28-6/h7-10,14,22H,11H2,1-6H3,(H,23,26)/t14-/m1/s1. The Kier molecular flexibility index (Phi) is 7.21. The van der Waals surface area contributed by atoms with Gasteiger partial charge in [0.2, 0.25) is 5.91 Å². The number of aromatic amines is 1. The molecule has 0 bridgehead atoms. The highest BCUT2D eigenvalue weighted by molar-refractivity contribution is 7.98. The van der Waals surface area contributed by atoms with Crippen molar-refractivity contribution in [2.75, 3.05) is 25.2 Å². The molecule has 0 saturated heterocycles. The lowest BCUT2D eigenvalue weighted by molar-refractivity contribution is -0.117. The fourth-order valence-corrected chi connectivity index (χ4v) is 3.79. The Hall–Kier alpha value is -2.38. The number of H-pyrrole nitrogens is 1. The number of Topliss-reactive ketones (excluding diaryl/α,β-unsaturated/α-hetero) is 2. The van der Waals surface area contributed by atoms with Crippen molar-refractivity contribution in [1.29, 1.82) is 0 Å². The maximum Gasteiger partial charge on any atom is 0.238 e. The Morgan fingerprint density at radius 2 is 1.86 bits per heavy atom. The lowest BCUT2D eigenvalue weighted by Gasteiger charge is -2.23. The van der Waals surface area contributed by atoms with Gasteiger partial charge in [-0.1, -0.05) is 12.1 Å². The van der Waals surface area contributed by atoms with Gasteiger partial charge in [0, 0.05) is 16.2 Å². The van der Waals surface area contributed by atoms with Gasteiger partial charge in [0.15, 0.2) is 11.6 Å².